The highest BCUT2D eigenvalue weighted by molar-refractivity contribution is 7.47. The Morgan fingerprint density at radius 2 is 0.613 bits per heavy atom. The lowest BCUT2D eigenvalue weighted by Crippen LogP contribution is -2.30. The molecule has 0 aliphatic heterocycles. The first-order valence-electron chi connectivity index (χ1n) is 30.7. The number of aliphatic hydroxyl groups is 1. The minimum absolute atomic E-state index is 0.115. The van der Waals surface area contributed by atoms with Gasteiger partial charge in [0, 0.05) is 19.3 Å². The number of carbonyl (C=O) groups excluding carboxylic acids is 3. The molecule has 12 heteroatoms. The van der Waals surface area contributed by atoms with Crippen LogP contribution in [0.25, 0.3) is 0 Å². The predicted molar refractivity (Wildman–Crippen MR) is 334 cm³/mol. The first-order valence-corrected chi connectivity index (χ1v) is 32.2. The van der Waals surface area contributed by atoms with Crippen LogP contribution in [0.2, 0.25) is 0 Å². The lowest BCUT2D eigenvalue weighted by atomic mass is 10.1. The Bertz CT molecular complexity index is 1900. The smallest absolute Gasteiger partial charge is 0.462 e. The van der Waals surface area contributed by atoms with E-state index >= 15 is 0 Å². The van der Waals surface area contributed by atoms with E-state index in [-0.39, 0.29) is 25.9 Å². The Hall–Kier alpha value is -4.64. The van der Waals surface area contributed by atoms with Crippen molar-refractivity contribution in [2.24, 2.45) is 0 Å². The minimum Gasteiger partial charge on any atom is -0.462 e. The van der Waals surface area contributed by atoms with Crippen LogP contribution in [-0.2, 0) is 42.2 Å². The van der Waals surface area contributed by atoms with E-state index in [4.69, 9.17) is 23.3 Å². The van der Waals surface area contributed by atoms with E-state index in [1.807, 2.05) is 0 Å². The molecule has 3 atom stereocenters. The third kappa shape index (κ3) is 58.0. The highest BCUT2D eigenvalue weighted by Crippen LogP contribution is 2.43. The van der Waals surface area contributed by atoms with Crippen LogP contribution in [0.5, 0.6) is 0 Å². The number of phosphoric acid groups is 1. The van der Waals surface area contributed by atoms with Crippen molar-refractivity contribution in [3.8, 4) is 0 Å². The second-order valence-electron chi connectivity index (χ2n) is 19.7. The lowest BCUT2D eigenvalue weighted by molar-refractivity contribution is -0.161. The maximum absolute atomic E-state index is 13.0. The summed E-state index contributed by atoms with van der Waals surface area (Å²) in [6.45, 7) is 4.21. The number of rotatable bonds is 55. The number of carbonyl (C=O) groups is 3. The fourth-order valence-corrected chi connectivity index (χ4v) is 8.47. The quantitative estimate of drug-likeness (QED) is 0.0197. The molecule has 0 amide bonds. The highest BCUT2D eigenvalue weighted by atomic mass is 31.2. The van der Waals surface area contributed by atoms with Crippen LogP contribution >= 0.6 is 7.82 Å². The number of hydrogen-bond acceptors (Lipinski definition) is 10. The number of aliphatic hydroxyl groups excluding tert-OH is 1. The highest BCUT2D eigenvalue weighted by Gasteiger charge is 2.28. The van der Waals surface area contributed by atoms with Gasteiger partial charge in [-0.15, -0.1) is 0 Å². The van der Waals surface area contributed by atoms with Crippen molar-refractivity contribution in [1.82, 2.24) is 0 Å². The Morgan fingerprint density at radius 1 is 0.350 bits per heavy atom. The summed E-state index contributed by atoms with van der Waals surface area (Å²) in [7, 11) is -4.78. The van der Waals surface area contributed by atoms with Crippen molar-refractivity contribution in [2.75, 3.05) is 26.4 Å². The van der Waals surface area contributed by atoms with Gasteiger partial charge in [-0.1, -0.05) is 218 Å². The summed E-state index contributed by atoms with van der Waals surface area (Å²) in [6.07, 6.45) is 78.0. The van der Waals surface area contributed by atoms with Crippen LogP contribution in [0.3, 0.4) is 0 Å². The van der Waals surface area contributed by atoms with Crippen LogP contribution in [0.4, 0.5) is 0 Å². The van der Waals surface area contributed by atoms with Crippen LogP contribution in [0.1, 0.15) is 226 Å². The molecule has 0 saturated carbocycles. The van der Waals surface area contributed by atoms with Crippen molar-refractivity contribution in [2.45, 2.75) is 238 Å². The van der Waals surface area contributed by atoms with Gasteiger partial charge < -0.3 is 24.2 Å². The molecule has 0 aromatic heterocycles. The predicted octanol–water partition coefficient (Wildman–Crippen LogP) is 18.7. The van der Waals surface area contributed by atoms with E-state index < -0.39 is 57.8 Å². The summed E-state index contributed by atoms with van der Waals surface area (Å²) in [4.78, 5) is 48.7. The largest absolute Gasteiger partial charge is 0.472 e. The molecule has 0 aromatic rings. The van der Waals surface area contributed by atoms with Crippen molar-refractivity contribution in [3.05, 3.63) is 146 Å². The summed E-state index contributed by atoms with van der Waals surface area (Å²) < 4.78 is 39.6. The average Bonchev–Trinajstić information content (AvgIpc) is 3.45. The van der Waals surface area contributed by atoms with E-state index in [0.29, 0.717) is 19.3 Å². The molecule has 0 fully saturated rings. The maximum atomic E-state index is 13.0. The molecule has 11 nitrogen and oxygen atoms in total. The van der Waals surface area contributed by atoms with Crippen LogP contribution < -0.4 is 0 Å². The molecule has 0 bridgehead atoms. The van der Waals surface area contributed by atoms with Gasteiger partial charge in [-0.2, -0.15) is 0 Å². The Labute approximate surface area is 486 Å². The average molecular weight is 1130 g/mol. The molecule has 0 aliphatic rings. The second-order valence-corrected chi connectivity index (χ2v) is 21.2. The van der Waals surface area contributed by atoms with Crippen molar-refractivity contribution >= 4 is 25.7 Å². The summed E-state index contributed by atoms with van der Waals surface area (Å²) >= 11 is 0. The van der Waals surface area contributed by atoms with Gasteiger partial charge in [0.2, 0.25) is 0 Å². The van der Waals surface area contributed by atoms with Crippen molar-refractivity contribution < 1.29 is 52.2 Å². The summed E-state index contributed by atoms with van der Waals surface area (Å²) in [5.41, 5.74) is 0. The Balaban J connectivity index is 4.83. The Morgan fingerprint density at radius 3 is 0.963 bits per heavy atom. The van der Waals surface area contributed by atoms with Gasteiger partial charge in [0.15, 0.2) is 6.10 Å². The van der Waals surface area contributed by atoms with Crippen LogP contribution in [0, 0.1) is 0 Å². The van der Waals surface area contributed by atoms with Gasteiger partial charge in [-0.25, -0.2) is 4.57 Å². The first-order chi connectivity index (χ1) is 39.2. The normalized spacial score (nSPS) is 14.3. The SMILES string of the molecule is CC/C=C\C/C=C\C/C=C\C/C=C\CCCCCCCCC(=O)OCC(COP(=O)(O)OCC(CO)OC(=O)CCCC/C=C\C/C=C\C/C=C\C/C=C\CC)OC(=O)CCCCCCCC/C=C\C/C=C\C/C=C\C/C=C\CC. The minimum atomic E-state index is -4.78. The molecular formula is C68H109O11P. The molecule has 0 radical (unpaired) electrons. The van der Waals surface area contributed by atoms with Crippen molar-refractivity contribution in [3.63, 3.8) is 0 Å². The van der Waals surface area contributed by atoms with E-state index in [0.717, 1.165) is 167 Å². The molecule has 2 N–H and O–H groups in total. The molecule has 0 aromatic carbocycles. The van der Waals surface area contributed by atoms with E-state index in [9.17, 15) is 28.9 Å². The number of hydrogen-bond donors (Lipinski definition) is 2. The number of ether oxygens (including phenoxy) is 3. The monoisotopic (exact) mass is 1130 g/mol. The lowest BCUT2D eigenvalue weighted by Gasteiger charge is -2.21. The third-order valence-electron chi connectivity index (χ3n) is 12.2. The number of phosphoric ester groups is 1. The van der Waals surface area contributed by atoms with Crippen molar-refractivity contribution in [1.29, 1.82) is 0 Å². The summed E-state index contributed by atoms with van der Waals surface area (Å²) in [5, 5.41) is 9.83. The molecule has 0 heterocycles. The molecule has 0 spiro atoms. The molecule has 80 heavy (non-hydrogen) atoms. The topological polar surface area (TPSA) is 155 Å². The molecular weight excluding hydrogens is 1020 g/mol. The Kier molecular flexibility index (Phi) is 56.9. The number of allylic oxidation sites excluding steroid dienone is 24. The zero-order valence-electron chi connectivity index (χ0n) is 50.0. The summed E-state index contributed by atoms with van der Waals surface area (Å²) in [5.74, 6) is -1.56. The first kappa shape index (κ1) is 75.4. The molecule has 452 valence electrons. The fourth-order valence-electron chi connectivity index (χ4n) is 7.68. The van der Waals surface area contributed by atoms with Gasteiger partial charge in [-0.3, -0.25) is 23.4 Å². The third-order valence-corrected chi connectivity index (χ3v) is 13.2. The maximum Gasteiger partial charge on any atom is 0.472 e. The second kappa shape index (κ2) is 60.5. The van der Waals surface area contributed by atoms with Gasteiger partial charge in [0.25, 0.3) is 0 Å². The van der Waals surface area contributed by atoms with Gasteiger partial charge in [0.1, 0.15) is 12.7 Å². The molecule has 3 unspecified atom stereocenters. The van der Waals surface area contributed by atoms with Crippen LogP contribution in [0.15, 0.2) is 146 Å². The van der Waals surface area contributed by atoms with Gasteiger partial charge in [0.05, 0.1) is 19.8 Å². The van der Waals surface area contributed by atoms with E-state index in [2.05, 4.69) is 167 Å². The van der Waals surface area contributed by atoms with Gasteiger partial charge in [-0.05, 0) is 135 Å². The summed E-state index contributed by atoms with van der Waals surface area (Å²) in [6, 6.07) is 0. The number of unbranched alkanes of at least 4 members (excludes halogenated alkanes) is 14. The zero-order valence-corrected chi connectivity index (χ0v) is 50.9. The molecule has 0 aliphatic carbocycles. The van der Waals surface area contributed by atoms with E-state index in [1.165, 1.54) is 0 Å². The zero-order chi connectivity index (χ0) is 58.3. The molecule has 0 saturated heterocycles. The van der Waals surface area contributed by atoms with E-state index in [1.54, 1.807) is 0 Å². The van der Waals surface area contributed by atoms with Gasteiger partial charge >= 0.3 is 25.7 Å². The number of esters is 3. The van der Waals surface area contributed by atoms with Crippen LogP contribution in [-0.4, -0.2) is 66.5 Å². The standard InChI is InChI=1S/C68H109O11P/c1-4-7-10-13-16-19-22-25-28-30-32-34-37-39-42-45-48-51-54-57-66(70)75-61-65(79-68(72)59-56-53-50-47-44-41-38-35-33-31-29-26-23-20-17-14-11-8-5-2)63-77-80(73,74)76-62-64(60-69)78-67(71)58-55-52-49-46-43-40-36-27-24-21-18-15-12-9-6-3/h7-12,16-21,25-29,32-36,43,46,64-65,69H,4-6,13-15,22-24,30-31,37-42,44-45,47-63H2,1-3H3,(H,73,74)/b10-7-,11-8-,12-9-,19-16-,20-17-,21-18-,28-25-,29-26-,34-32-,35-33-,36-27-,46-43-. The molecule has 0 rings (SSSR count). The fraction of sp³-hybridized carbons (Fsp3) is 0.603.